The molecule has 1 aliphatic carbocycles. The number of aliphatic hydroxyl groups excluding tert-OH is 2. The zero-order chi connectivity index (χ0) is 19.7. The van der Waals surface area contributed by atoms with E-state index in [1.54, 1.807) is 0 Å². The number of aromatic hydroxyl groups is 1. The molecule has 1 saturated carbocycles. The Kier molecular flexibility index (Phi) is 5.38. The molecule has 1 fully saturated rings. The van der Waals surface area contributed by atoms with Crippen molar-refractivity contribution >= 4 is 17.8 Å². The quantitative estimate of drug-likeness (QED) is 0.359. The number of hydrogen-bond acceptors (Lipinski definition) is 8. The van der Waals surface area contributed by atoms with Crippen molar-refractivity contribution < 1.29 is 45.0 Å². The van der Waals surface area contributed by atoms with Crippen LogP contribution in [0.5, 0.6) is 11.5 Å². The molecule has 9 nitrogen and oxygen atoms in total. The number of phenolic OH excluding ortho intramolecular Hbond substituents is 1. The highest BCUT2D eigenvalue weighted by Gasteiger charge is 2.58. The van der Waals surface area contributed by atoms with Crippen LogP contribution in [0.1, 0.15) is 18.4 Å². The molecular weight excluding hydrogens is 348 g/mol. The van der Waals surface area contributed by atoms with Gasteiger partial charge in [-0.15, -0.1) is 0 Å². The van der Waals surface area contributed by atoms with Crippen LogP contribution in [0, 0.1) is 0 Å². The minimum absolute atomic E-state index is 0.119. The summed E-state index contributed by atoms with van der Waals surface area (Å²) in [6, 6.07) is 4.17. The second kappa shape index (κ2) is 7.04. The van der Waals surface area contributed by atoms with Crippen LogP contribution in [-0.4, -0.2) is 72.9 Å². The number of carboxylic acids is 1. The van der Waals surface area contributed by atoms with Gasteiger partial charge in [-0.1, -0.05) is 12.1 Å². The number of aliphatic hydroxyl groups is 4. The van der Waals surface area contributed by atoms with Crippen LogP contribution >= 0.6 is 0 Å². The smallest absolute Gasteiger partial charge is 0.335 e. The Morgan fingerprint density at radius 3 is 2.50 bits per heavy atom. The SMILES string of the molecule is COc1cc(/C=C/C(=O)[C@@]2(O)CC(O)(C(=O)O)C[C@@H](O)C2O)ccc1O. The van der Waals surface area contributed by atoms with E-state index in [1.807, 2.05) is 0 Å². The van der Waals surface area contributed by atoms with Gasteiger partial charge in [-0.25, -0.2) is 4.79 Å². The number of carbonyl (C=O) groups is 2. The minimum atomic E-state index is -2.68. The first-order chi connectivity index (χ1) is 12.0. The maximum absolute atomic E-state index is 12.4. The standard InChI is InChI=1S/C17H20O9/c1-26-12-6-9(2-4-10(12)18)3-5-13(20)17(25)8-16(24,15(22)23)7-11(19)14(17)21/h2-6,11,14,18-19,21,24-25H,7-8H2,1H3,(H,22,23)/b5-3+/t11-,14?,16?,17+/m1/s1. The molecule has 0 aromatic heterocycles. The van der Waals surface area contributed by atoms with Crippen molar-refractivity contribution in [3.05, 3.63) is 29.8 Å². The number of ketones is 1. The van der Waals surface area contributed by atoms with Crippen molar-refractivity contribution in [1.82, 2.24) is 0 Å². The van der Waals surface area contributed by atoms with Crippen LogP contribution in [0.4, 0.5) is 0 Å². The third-order valence-corrected chi connectivity index (χ3v) is 4.42. The number of rotatable bonds is 5. The van der Waals surface area contributed by atoms with E-state index in [1.165, 1.54) is 31.4 Å². The van der Waals surface area contributed by atoms with Gasteiger partial charge in [-0.2, -0.15) is 0 Å². The molecule has 1 aliphatic rings. The molecule has 1 aromatic rings. The molecule has 0 aliphatic heterocycles. The number of aliphatic carboxylic acids is 1. The Morgan fingerprint density at radius 2 is 1.92 bits per heavy atom. The van der Waals surface area contributed by atoms with Gasteiger partial charge in [0.15, 0.2) is 28.5 Å². The van der Waals surface area contributed by atoms with E-state index in [4.69, 9.17) is 9.84 Å². The molecule has 0 heterocycles. The molecule has 0 radical (unpaired) electrons. The number of benzene rings is 1. The third-order valence-electron chi connectivity index (χ3n) is 4.42. The first-order valence-corrected chi connectivity index (χ1v) is 7.67. The number of carboxylic acid groups (broad SMARTS) is 1. The molecule has 0 bridgehead atoms. The molecule has 2 rings (SSSR count). The molecule has 1 aromatic carbocycles. The lowest BCUT2D eigenvalue weighted by molar-refractivity contribution is -0.212. The van der Waals surface area contributed by atoms with E-state index in [2.05, 4.69) is 0 Å². The summed E-state index contributed by atoms with van der Waals surface area (Å²) in [7, 11) is 1.34. The van der Waals surface area contributed by atoms with Gasteiger partial charge in [-0.05, 0) is 23.8 Å². The molecule has 9 heteroatoms. The summed E-state index contributed by atoms with van der Waals surface area (Å²) in [4.78, 5) is 23.6. The van der Waals surface area contributed by atoms with Crippen molar-refractivity contribution in [2.75, 3.05) is 7.11 Å². The molecule has 2 unspecified atom stereocenters. The third kappa shape index (κ3) is 3.56. The van der Waals surface area contributed by atoms with Crippen molar-refractivity contribution in [1.29, 1.82) is 0 Å². The largest absolute Gasteiger partial charge is 0.504 e. The topological polar surface area (TPSA) is 165 Å². The van der Waals surface area contributed by atoms with E-state index in [-0.39, 0.29) is 11.5 Å². The Balaban J connectivity index is 2.29. The predicted octanol–water partition coefficient (Wildman–Crippen LogP) is -0.955. The molecule has 6 N–H and O–H groups in total. The maximum Gasteiger partial charge on any atom is 0.335 e. The highest BCUT2D eigenvalue weighted by molar-refractivity contribution is 6.01. The zero-order valence-corrected chi connectivity index (χ0v) is 13.9. The lowest BCUT2D eigenvalue weighted by Crippen LogP contribution is -2.65. The number of phenols is 1. The summed E-state index contributed by atoms with van der Waals surface area (Å²) in [6.45, 7) is 0. The normalized spacial score (nSPS) is 31.7. The molecule has 0 amide bonds. The summed E-state index contributed by atoms with van der Waals surface area (Å²) in [5.41, 5.74) is -4.82. The molecule has 142 valence electrons. The van der Waals surface area contributed by atoms with Gasteiger partial charge in [-0.3, -0.25) is 4.79 Å². The average molecular weight is 368 g/mol. The van der Waals surface area contributed by atoms with Crippen molar-refractivity contribution in [2.45, 2.75) is 36.3 Å². The fourth-order valence-electron chi connectivity index (χ4n) is 2.91. The lowest BCUT2D eigenvalue weighted by Gasteiger charge is -2.44. The predicted molar refractivity (Wildman–Crippen MR) is 87.5 cm³/mol. The number of methoxy groups -OCH3 is 1. The summed E-state index contributed by atoms with van der Waals surface area (Å²) in [5.74, 6) is -2.78. The van der Waals surface area contributed by atoms with Crippen LogP contribution in [0.2, 0.25) is 0 Å². The van der Waals surface area contributed by atoms with Gasteiger partial charge in [0.1, 0.15) is 6.10 Å². The van der Waals surface area contributed by atoms with Gasteiger partial charge in [0, 0.05) is 12.8 Å². The van der Waals surface area contributed by atoms with E-state index >= 15 is 0 Å². The first-order valence-electron chi connectivity index (χ1n) is 7.67. The first kappa shape index (κ1) is 19.9. The van der Waals surface area contributed by atoms with Crippen LogP contribution in [0.3, 0.4) is 0 Å². The van der Waals surface area contributed by atoms with Crippen LogP contribution in [0.25, 0.3) is 6.08 Å². The zero-order valence-electron chi connectivity index (χ0n) is 13.9. The van der Waals surface area contributed by atoms with E-state index in [0.29, 0.717) is 5.56 Å². The highest BCUT2D eigenvalue weighted by atomic mass is 16.5. The molecule has 26 heavy (non-hydrogen) atoms. The van der Waals surface area contributed by atoms with Gasteiger partial charge < -0.3 is 35.4 Å². The lowest BCUT2D eigenvalue weighted by atomic mass is 9.70. The van der Waals surface area contributed by atoms with Gasteiger partial charge in [0.25, 0.3) is 0 Å². The molecule has 0 saturated heterocycles. The monoisotopic (exact) mass is 368 g/mol. The summed E-state index contributed by atoms with van der Waals surface area (Å²) < 4.78 is 4.92. The summed E-state index contributed by atoms with van der Waals surface area (Å²) in [5, 5.41) is 58.9. The van der Waals surface area contributed by atoms with Crippen LogP contribution in [0.15, 0.2) is 24.3 Å². The Labute approximate surface area is 148 Å². The van der Waals surface area contributed by atoms with E-state index in [0.717, 1.165) is 6.08 Å². The fourth-order valence-corrected chi connectivity index (χ4v) is 2.91. The van der Waals surface area contributed by atoms with E-state index < -0.39 is 48.0 Å². The van der Waals surface area contributed by atoms with Gasteiger partial charge >= 0.3 is 5.97 Å². The summed E-state index contributed by atoms with van der Waals surface area (Å²) >= 11 is 0. The molecule has 4 atom stereocenters. The summed E-state index contributed by atoms with van der Waals surface area (Å²) in [6.07, 6.45) is -3.34. The Bertz CT molecular complexity index is 744. The molecule has 0 spiro atoms. The minimum Gasteiger partial charge on any atom is -0.504 e. The van der Waals surface area contributed by atoms with Crippen LogP contribution < -0.4 is 4.74 Å². The number of carbonyl (C=O) groups excluding carboxylic acids is 1. The maximum atomic E-state index is 12.4. The van der Waals surface area contributed by atoms with Crippen molar-refractivity contribution in [3.8, 4) is 11.5 Å². The van der Waals surface area contributed by atoms with Crippen molar-refractivity contribution in [2.24, 2.45) is 0 Å². The fraction of sp³-hybridized carbons (Fsp3) is 0.412. The highest BCUT2D eigenvalue weighted by Crippen LogP contribution is 2.37. The second-order valence-electron chi connectivity index (χ2n) is 6.28. The van der Waals surface area contributed by atoms with Crippen LogP contribution in [-0.2, 0) is 9.59 Å². The Morgan fingerprint density at radius 1 is 1.27 bits per heavy atom. The average Bonchev–Trinajstić information content (AvgIpc) is 2.58. The number of hydrogen-bond donors (Lipinski definition) is 6. The second-order valence-corrected chi connectivity index (χ2v) is 6.28. The molecular formula is C17H20O9. The Hall–Kier alpha value is -2.46. The van der Waals surface area contributed by atoms with Gasteiger partial charge in [0.05, 0.1) is 13.2 Å². The van der Waals surface area contributed by atoms with Crippen molar-refractivity contribution in [3.63, 3.8) is 0 Å². The van der Waals surface area contributed by atoms with E-state index in [9.17, 15) is 35.1 Å². The van der Waals surface area contributed by atoms with Gasteiger partial charge in [0.2, 0.25) is 0 Å². The number of ether oxygens (including phenoxy) is 1.